The summed E-state index contributed by atoms with van der Waals surface area (Å²) in [5.41, 5.74) is -6.59. The topological polar surface area (TPSA) is 158 Å². The highest BCUT2D eigenvalue weighted by Gasteiger charge is 2.66. The highest BCUT2D eigenvalue weighted by molar-refractivity contribution is 5.84. The van der Waals surface area contributed by atoms with Gasteiger partial charge < -0.3 is 19.7 Å². The summed E-state index contributed by atoms with van der Waals surface area (Å²) < 4.78 is 12.0. The molecule has 1 heterocycles. The Hall–Kier alpha value is -2.90. The van der Waals surface area contributed by atoms with Gasteiger partial charge in [0.15, 0.2) is 0 Å². The van der Waals surface area contributed by atoms with Gasteiger partial charge in [-0.05, 0) is 98.9 Å². The maximum atomic E-state index is 15.1. The normalized spacial score (nSPS) is 22.8. The van der Waals surface area contributed by atoms with Gasteiger partial charge in [0.25, 0.3) is 0 Å². The Kier molecular flexibility index (Phi) is 20.4. The summed E-state index contributed by atoms with van der Waals surface area (Å²) in [4.78, 5) is 76.8. The number of hydrogen-bond acceptors (Lipinski definition) is 12. The van der Waals surface area contributed by atoms with Gasteiger partial charge in [0.2, 0.25) is 0 Å². The number of aliphatic hydroxyl groups is 2. The number of carbonyl (C=O) groups is 4. The first-order valence-corrected chi connectivity index (χ1v) is 24.7. The van der Waals surface area contributed by atoms with Gasteiger partial charge in [0.05, 0.1) is 54.3 Å². The number of unbranched alkanes of at least 4 members (excludes halogenated alkanes) is 1. The minimum absolute atomic E-state index is 0.0566. The fourth-order valence-electron chi connectivity index (χ4n) is 10.9. The van der Waals surface area contributed by atoms with Crippen LogP contribution < -0.4 is 0 Å². The van der Waals surface area contributed by atoms with Crippen LogP contribution in [0.4, 0.5) is 0 Å². The number of nitrogens with zero attached hydrogens (tertiary/aromatic N) is 1. The molecule has 0 bridgehead atoms. The van der Waals surface area contributed by atoms with Crippen molar-refractivity contribution in [3.63, 3.8) is 0 Å². The Balaban J connectivity index is 3.01. The van der Waals surface area contributed by atoms with Crippen molar-refractivity contribution in [1.82, 2.24) is 5.06 Å². The standard InChI is InChI=1S/C54H93NO11/c1-21-25-31-62-44(59)40(32-47(7,8)36(5)38-29-27-26-28-30-38)48(9,10)49(11,12)42(46(61)65-64-24-4)50(13,14)51(15,16)43(45(60)63-35-39(57)34-56)52(17,18)66-55-53(19,22-2)33-41(58)37(6)54(55,20)23-3/h26-30,36-37,39-40,42-43,56-57H,21-25,31-35H2,1-20H3. The van der Waals surface area contributed by atoms with Crippen molar-refractivity contribution >= 4 is 23.7 Å². The lowest BCUT2D eigenvalue weighted by atomic mass is 9.44. The van der Waals surface area contributed by atoms with Crippen molar-refractivity contribution in [2.45, 2.75) is 206 Å². The number of hydroxylamine groups is 2. The van der Waals surface area contributed by atoms with E-state index in [1.54, 1.807) is 6.92 Å². The molecule has 380 valence electrons. The predicted octanol–water partition coefficient (Wildman–Crippen LogP) is 10.9. The second-order valence-corrected chi connectivity index (χ2v) is 23.3. The van der Waals surface area contributed by atoms with Crippen LogP contribution in [0.2, 0.25) is 0 Å². The third-order valence-corrected chi connectivity index (χ3v) is 17.4. The number of ketones is 1. The molecule has 8 unspecified atom stereocenters. The van der Waals surface area contributed by atoms with Gasteiger partial charge in [-0.15, -0.1) is 0 Å². The molecule has 2 N–H and O–H groups in total. The van der Waals surface area contributed by atoms with E-state index >= 15 is 9.59 Å². The Morgan fingerprint density at radius 1 is 0.788 bits per heavy atom. The molecular formula is C54H93NO11. The molecule has 1 aromatic rings. The van der Waals surface area contributed by atoms with Crippen LogP contribution >= 0.6 is 0 Å². The highest BCUT2D eigenvalue weighted by atomic mass is 17.2. The third kappa shape index (κ3) is 12.3. The summed E-state index contributed by atoms with van der Waals surface area (Å²) >= 11 is 0. The van der Waals surface area contributed by atoms with Crippen LogP contribution in [-0.2, 0) is 43.3 Å². The van der Waals surface area contributed by atoms with Crippen molar-refractivity contribution in [1.29, 1.82) is 0 Å². The molecule has 1 aliphatic heterocycles. The van der Waals surface area contributed by atoms with E-state index in [1.807, 2.05) is 134 Å². The zero-order valence-electron chi connectivity index (χ0n) is 44.9. The number of Topliss-reactive ketones (excluding diaryl/α,β-unsaturated/α-hetero) is 1. The monoisotopic (exact) mass is 932 g/mol. The molecule has 0 aliphatic carbocycles. The van der Waals surface area contributed by atoms with Gasteiger partial charge in [0.1, 0.15) is 18.5 Å². The van der Waals surface area contributed by atoms with E-state index in [4.69, 9.17) is 24.1 Å². The number of hydrogen-bond donors (Lipinski definition) is 2. The second-order valence-electron chi connectivity index (χ2n) is 23.3. The van der Waals surface area contributed by atoms with Crippen molar-refractivity contribution in [3.8, 4) is 0 Å². The summed E-state index contributed by atoms with van der Waals surface area (Å²) in [6, 6.07) is 10.2. The van der Waals surface area contributed by atoms with Gasteiger partial charge in [-0.2, -0.15) is 9.95 Å². The molecule has 12 nitrogen and oxygen atoms in total. The minimum atomic E-state index is -1.38. The molecule has 1 aliphatic rings. The first kappa shape index (κ1) is 59.2. The molecule has 8 atom stereocenters. The maximum Gasteiger partial charge on any atom is 0.346 e. The number of rotatable bonds is 26. The Labute approximate surface area is 399 Å². The molecule has 66 heavy (non-hydrogen) atoms. The molecule has 0 saturated carbocycles. The molecule has 0 spiro atoms. The molecule has 1 saturated heterocycles. The molecule has 1 aromatic carbocycles. The Morgan fingerprint density at radius 2 is 1.33 bits per heavy atom. The fraction of sp³-hybridized carbons (Fsp3) is 0.815. The Morgan fingerprint density at radius 3 is 1.83 bits per heavy atom. The molecule has 0 radical (unpaired) electrons. The lowest BCUT2D eigenvalue weighted by Crippen LogP contribution is -2.69. The zero-order valence-corrected chi connectivity index (χ0v) is 44.9. The van der Waals surface area contributed by atoms with Crippen molar-refractivity contribution in [3.05, 3.63) is 35.9 Å². The second kappa shape index (κ2) is 22.7. The van der Waals surface area contributed by atoms with E-state index in [9.17, 15) is 19.8 Å². The third-order valence-electron chi connectivity index (χ3n) is 17.4. The summed E-state index contributed by atoms with van der Waals surface area (Å²) in [5, 5.41) is 22.1. The summed E-state index contributed by atoms with van der Waals surface area (Å²) in [6.45, 7) is 39.0. The average Bonchev–Trinajstić information content (AvgIpc) is 3.24. The zero-order chi connectivity index (χ0) is 51.1. The van der Waals surface area contributed by atoms with Crippen LogP contribution in [0.3, 0.4) is 0 Å². The minimum Gasteiger partial charge on any atom is -0.465 e. The summed E-state index contributed by atoms with van der Waals surface area (Å²) in [6.07, 6.45) is 2.09. The van der Waals surface area contributed by atoms with Crippen molar-refractivity contribution < 1.29 is 53.5 Å². The number of ether oxygens (including phenoxy) is 2. The summed E-state index contributed by atoms with van der Waals surface area (Å²) in [7, 11) is 0. The first-order valence-electron chi connectivity index (χ1n) is 24.7. The van der Waals surface area contributed by atoms with Gasteiger partial charge in [-0.3, -0.25) is 24.1 Å². The van der Waals surface area contributed by atoms with Gasteiger partial charge in [-0.1, -0.05) is 141 Å². The van der Waals surface area contributed by atoms with E-state index < -0.39 is 92.8 Å². The quantitative estimate of drug-likeness (QED) is 0.0393. The molecule has 1 fully saturated rings. The highest BCUT2D eigenvalue weighted by Crippen LogP contribution is 2.64. The molecule has 12 heteroatoms. The van der Waals surface area contributed by atoms with Crippen molar-refractivity contribution in [2.75, 3.05) is 26.4 Å². The Bertz CT molecular complexity index is 1750. The maximum absolute atomic E-state index is 15.1. The molecular weight excluding hydrogens is 839 g/mol. The van der Waals surface area contributed by atoms with E-state index in [1.165, 1.54) is 0 Å². The molecule has 0 amide bonds. The lowest BCUT2D eigenvalue weighted by Gasteiger charge is -2.61. The van der Waals surface area contributed by atoms with Crippen LogP contribution in [0.1, 0.15) is 188 Å². The number of aliphatic hydroxyl groups excluding tert-OH is 2. The van der Waals surface area contributed by atoms with Crippen LogP contribution in [-0.4, -0.2) is 88.2 Å². The number of piperidine rings is 1. The van der Waals surface area contributed by atoms with Gasteiger partial charge in [-0.25, -0.2) is 4.79 Å². The van der Waals surface area contributed by atoms with Crippen LogP contribution in [0.5, 0.6) is 0 Å². The molecule has 2 rings (SSSR count). The summed E-state index contributed by atoms with van der Waals surface area (Å²) in [5.74, 6) is -4.78. The van der Waals surface area contributed by atoms with E-state index in [2.05, 4.69) is 32.9 Å². The van der Waals surface area contributed by atoms with Crippen LogP contribution in [0.15, 0.2) is 30.3 Å². The molecule has 0 aromatic heterocycles. The smallest absolute Gasteiger partial charge is 0.346 e. The van der Waals surface area contributed by atoms with E-state index in [0.717, 1.165) is 12.0 Å². The lowest BCUT2D eigenvalue weighted by molar-refractivity contribution is -0.355. The van der Waals surface area contributed by atoms with Gasteiger partial charge >= 0.3 is 17.9 Å². The van der Waals surface area contributed by atoms with Crippen LogP contribution in [0.25, 0.3) is 0 Å². The van der Waals surface area contributed by atoms with E-state index in [-0.39, 0.29) is 43.2 Å². The first-order chi connectivity index (χ1) is 30.2. The average molecular weight is 932 g/mol. The SMILES string of the molecule is CCCCOC(=O)C(CC(C)(C)C(C)c1ccccc1)C(C)(C)C(C)(C)C(C(=O)OOCC)C(C)(C)C(C)(C)C(C(=O)OCC(O)CO)C(C)(C)ON1C(C)(CC)CC(=O)C(C)C1(C)CC. The predicted molar refractivity (Wildman–Crippen MR) is 260 cm³/mol. The van der Waals surface area contributed by atoms with Crippen molar-refractivity contribution in [2.24, 2.45) is 50.7 Å². The fourth-order valence-corrected chi connectivity index (χ4v) is 10.9. The van der Waals surface area contributed by atoms with Crippen LogP contribution in [0, 0.1) is 50.7 Å². The largest absolute Gasteiger partial charge is 0.465 e. The number of carbonyl (C=O) groups excluding carboxylic acids is 4. The van der Waals surface area contributed by atoms with Gasteiger partial charge in [0, 0.05) is 12.3 Å². The number of benzene rings is 1. The van der Waals surface area contributed by atoms with E-state index in [0.29, 0.717) is 25.7 Å². The number of esters is 2.